The average molecular weight is 464 g/mol. The van der Waals surface area contributed by atoms with Crippen LogP contribution in [0.4, 0.5) is 10.2 Å². The molecule has 2 saturated heterocycles. The number of aromatic nitrogens is 3. The second-order valence-corrected chi connectivity index (χ2v) is 10.3. The number of piperidine rings is 1. The third-order valence-electron chi connectivity index (χ3n) is 7.50. The third kappa shape index (κ3) is 4.07. The van der Waals surface area contributed by atoms with Gasteiger partial charge in [0, 0.05) is 42.0 Å². The SMILES string of the molecule is CN(c1ccc(-c2ccc(-c3ccn(CF)c(=O)c3)cc2O)nn1)C1C[C@]2(C)CC[C@](C)(C1)N2. The number of hydrogen-bond donors (Lipinski definition) is 2. The van der Waals surface area contributed by atoms with Gasteiger partial charge in [-0.3, -0.25) is 9.36 Å². The molecule has 7 nitrogen and oxygen atoms in total. The number of rotatable bonds is 5. The summed E-state index contributed by atoms with van der Waals surface area (Å²) < 4.78 is 13.8. The molecule has 2 aliphatic rings. The molecule has 2 N–H and O–H groups in total. The van der Waals surface area contributed by atoms with Gasteiger partial charge in [0.1, 0.15) is 5.75 Å². The summed E-state index contributed by atoms with van der Waals surface area (Å²) in [4.78, 5) is 14.2. The maximum absolute atomic E-state index is 12.8. The Hall–Kier alpha value is -3.26. The summed E-state index contributed by atoms with van der Waals surface area (Å²) in [6.07, 6.45) is 5.94. The lowest BCUT2D eigenvalue weighted by molar-refractivity contribution is 0.207. The van der Waals surface area contributed by atoms with Crippen molar-refractivity contribution in [3.63, 3.8) is 0 Å². The molecule has 8 heteroatoms. The van der Waals surface area contributed by atoms with Gasteiger partial charge in [0.25, 0.3) is 5.56 Å². The first kappa shape index (κ1) is 22.5. The van der Waals surface area contributed by atoms with E-state index in [-0.39, 0.29) is 16.8 Å². The van der Waals surface area contributed by atoms with E-state index in [2.05, 4.69) is 41.3 Å². The predicted octanol–water partition coefficient (Wildman–Crippen LogP) is 4.10. The fraction of sp³-hybridized carbons (Fsp3) is 0.423. The number of hydrogen-bond acceptors (Lipinski definition) is 6. The van der Waals surface area contributed by atoms with Crippen molar-refractivity contribution in [1.82, 2.24) is 20.1 Å². The van der Waals surface area contributed by atoms with Crippen molar-refractivity contribution in [2.45, 2.75) is 63.4 Å². The average Bonchev–Trinajstić information content (AvgIpc) is 3.05. The Morgan fingerprint density at radius 1 is 1.09 bits per heavy atom. The maximum Gasteiger partial charge on any atom is 0.253 e. The first-order valence-electron chi connectivity index (χ1n) is 11.6. The number of nitrogens with one attached hydrogen (secondary N) is 1. The molecule has 2 fully saturated rings. The van der Waals surface area contributed by atoms with Crippen molar-refractivity contribution in [3.05, 3.63) is 59.0 Å². The summed E-state index contributed by atoms with van der Waals surface area (Å²) in [5.74, 6) is 0.852. The lowest BCUT2D eigenvalue weighted by atomic mass is 9.84. The van der Waals surface area contributed by atoms with Crippen LogP contribution in [0.15, 0.2) is 53.5 Å². The predicted molar refractivity (Wildman–Crippen MR) is 131 cm³/mol. The van der Waals surface area contributed by atoms with E-state index in [0.717, 1.165) is 23.2 Å². The Bertz CT molecular complexity index is 1260. The van der Waals surface area contributed by atoms with E-state index >= 15 is 0 Å². The van der Waals surface area contributed by atoms with E-state index < -0.39 is 12.4 Å². The fourth-order valence-electron chi connectivity index (χ4n) is 5.66. The Labute approximate surface area is 198 Å². The second kappa shape index (κ2) is 8.20. The van der Waals surface area contributed by atoms with Gasteiger partial charge in [0.2, 0.25) is 0 Å². The van der Waals surface area contributed by atoms with Crippen LogP contribution in [0.5, 0.6) is 5.75 Å². The number of pyridine rings is 1. The quantitative estimate of drug-likeness (QED) is 0.593. The summed E-state index contributed by atoms with van der Waals surface area (Å²) in [6, 6.07) is 12.3. The molecule has 2 aromatic heterocycles. The van der Waals surface area contributed by atoms with Crippen LogP contribution in [-0.4, -0.2) is 44.0 Å². The minimum atomic E-state index is -0.872. The molecule has 0 radical (unpaired) electrons. The van der Waals surface area contributed by atoms with Crippen LogP contribution in [0.2, 0.25) is 0 Å². The van der Waals surface area contributed by atoms with Gasteiger partial charge in [0.05, 0.1) is 5.69 Å². The molecule has 2 aliphatic heterocycles. The second-order valence-electron chi connectivity index (χ2n) is 10.3. The topological polar surface area (TPSA) is 83.3 Å². The minimum absolute atomic E-state index is 0.0401. The van der Waals surface area contributed by atoms with Gasteiger partial charge in [-0.1, -0.05) is 6.07 Å². The number of halogens is 1. The molecule has 0 amide bonds. The van der Waals surface area contributed by atoms with Crippen molar-refractivity contribution in [2.75, 3.05) is 11.9 Å². The number of phenols is 1. The van der Waals surface area contributed by atoms with Gasteiger partial charge in [-0.05, 0) is 81.0 Å². The van der Waals surface area contributed by atoms with Crippen LogP contribution in [0.25, 0.3) is 22.4 Å². The van der Waals surface area contributed by atoms with E-state index in [1.807, 2.05) is 12.1 Å². The zero-order valence-corrected chi connectivity index (χ0v) is 19.8. The van der Waals surface area contributed by atoms with Crippen LogP contribution in [0, 0.1) is 0 Å². The van der Waals surface area contributed by atoms with Crippen molar-refractivity contribution < 1.29 is 9.50 Å². The number of nitrogens with zero attached hydrogens (tertiary/aromatic N) is 4. The van der Waals surface area contributed by atoms with Gasteiger partial charge < -0.3 is 15.3 Å². The van der Waals surface area contributed by atoms with Gasteiger partial charge in [-0.25, -0.2) is 4.39 Å². The van der Waals surface area contributed by atoms with Gasteiger partial charge >= 0.3 is 0 Å². The summed E-state index contributed by atoms with van der Waals surface area (Å²) in [6.45, 7) is 3.75. The van der Waals surface area contributed by atoms with Crippen molar-refractivity contribution >= 4 is 5.82 Å². The van der Waals surface area contributed by atoms with E-state index in [1.54, 1.807) is 24.3 Å². The highest BCUT2D eigenvalue weighted by molar-refractivity contribution is 5.74. The molecule has 1 unspecified atom stereocenters. The first-order chi connectivity index (χ1) is 16.2. The maximum atomic E-state index is 12.8. The summed E-state index contributed by atoms with van der Waals surface area (Å²) in [5, 5.41) is 23.3. The molecular weight excluding hydrogens is 433 g/mol. The Balaban J connectivity index is 1.35. The number of benzene rings is 1. The van der Waals surface area contributed by atoms with Gasteiger partial charge in [-0.2, -0.15) is 0 Å². The highest BCUT2D eigenvalue weighted by Crippen LogP contribution is 2.43. The monoisotopic (exact) mass is 463 g/mol. The molecule has 2 bridgehead atoms. The highest BCUT2D eigenvalue weighted by atomic mass is 19.1. The third-order valence-corrected chi connectivity index (χ3v) is 7.50. The van der Waals surface area contributed by atoms with Crippen molar-refractivity contribution in [2.24, 2.45) is 0 Å². The summed E-state index contributed by atoms with van der Waals surface area (Å²) in [5.41, 5.74) is 2.31. The van der Waals surface area contributed by atoms with Crippen molar-refractivity contribution in [3.8, 4) is 28.1 Å². The lowest BCUT2D eigenvalue weighted by Crippen LogP contribution is -2.58. The number of fused-ring (bicyclic) bond motifs is 2. The molecule has 178 valence electrons. The number of anilines is 1. The molecule has 3 atom stereocenters. The van der Waals surface area contributed by atoms with E-state index in [4.69, 9.17) is 0 Å². The highest BCUT2D eigenvalue weighted by Gasteiger charge is 2.49. The molecule has 0 saturated carbocycles. The summed E-state index contributed by atoms with van der Waals surface area (Å²) >= 11 is 0. The molecule has 0 spiro atoms. The molecule has 1 aromatic carbocycles. The number of alkyl halides is 1. The van der Waals surface area contributed by atoms with E-state index in [1.165, 1.54) is 25.1 Å². The normalized spacial score (nSPS) is 25.9. The lowest BCUT2D eigenvalue weighted by Gasteiger charge is -2.45. The molecule has 0 aliphatic carbocycles. The van der Waals surface area contributed by atoms with E-state index in [0.29, 0.717) is 28.4 Å². The number of aromatic hydroxyl groups is 1. The van der Waals surface area contributed by atoms with Crippen LogP contribution in [-0.2, 0) is 6.80 Å². The molecule has 3 aromatic rings. The van der Waals surface area contributed by atoms with E-state index in [9.17, 15) is 14.3 Å². The Kier molecular flexibility index (Phi) is 5.43. The van der Waals surface area contributed by atoms with Crippen LogP contribution in [0.1, 0.15) is 39.5 Å². The molecule has 34 heavy (non-hydrogen) atoms. The van der Waals surface area contributed by atoms with Crippen LogP contribution >= 0.6 is 0 Å². The zero-order chi connectivity index (χ0) is 24.1. The summed E-state index contributed by atoms with van der Waals surface area (Å²) in [7, 11) is 2.08. The molecule has 5 rings (SSSR count). The van der Waals surface area contributed by atoms with Gasteiger partial charge in [-0.15, -0.1) is 10.2 Å². The zero-order valence-electron chi connectivity index (χ0n) is 19.8. The molecular formula is C26H30FN5O2. The smallest absolute Gasteiger partial charge is 0.253 e. The van der Waals surface area contributed by atoms with Crippen LogP contribution in [0.3, 0.4) is 0 Å². The largest absolute Gasteiger partial charge is 0.507 e. The minimum Gasteiger partial charge on any atom is -0.507 e. The Morgan fingerprint density at radius 3 is 2.38 bits per heavy atom. The van der Waals surface area contributed by atoms with Crippen LogP contribution < -0.4 is 15.8 Å². The molecule has 4 heterocycles. The van der Waals surface area contributed by atoms with Crippen molar-refractivity contribution in [1.29, 1.82) is 0 Å². The fourth-order valence-corrected chi connectivity index (χ4v) is 5.66. The standard InChI is InChI=1S/C26H30FN5O2/c1-25-9-10-26(2,30-25)15-19(14-25)31(3)23-7-6-21(28-29-23)20-5-4-17(12-22(20)33)18-8-11-32(16-27)24(34)13-18/h4-8,11-13,19,30,33H,9-10,14-16H2,1-3H3/t19?,25-,26+. The first-order valence-corrected chi connectivity index (χ1v) is 11.6. The van der Waals surface area contributed by atoms with Gasteiger partial charge in [0.15, 0.2) is 12.6 Å². The Morgan fingerprint density at radius 2 is 1.79 bits per heavy atom. The number of phenolic OH excluding ortho intramolecular Hbond substituents is 1.